The Labute approximate surface area is 158 Å². The van der Waals surface area contributed by atoms with Crippen LogP contribution in [0.15, 0.2) is 59.7 Å². The smallest absolute Gasteiger partial charge is 0.332 e. The lowest BCUT2D eigenvalue weighted by Crippen LogP contribution is -2.53. The predicted octanol–water partition coefficient (Wildman–Crippen LogP) is 2.45. The van der Waals surface area contributed by atoms with Crippen molar-refractivity contribution >= 4 is 27.3 Å². The molecule has 1 atom stereocenters. The van der Waals surface area contributed by atoms with Crippen LogP contribution in [-0.2, 0) is 19.4 Å². The number of carboxylic acid groups (broad SMARTS) is 1. The first-order valence-corrected chi connectivity index (χ1v) is 10.5. The van der Waals surface area contributed by atoms with E-state index in [9.17, 15) is 23.1 Å². The molecule has 0 saturated carbocycles. The summed E-state index contributed by atoms with van der Waals surface area (Å²) in [6, 6.07) is 9.52. The molecular formula is C20H21NO5S. The van der Waals surface area contributed by atoms with Gasteiger partial charge in [-0.05, 0) is 36.5 Å². The number of carbonyl (C=O) groups excluding carboxylic acids is 1. The third-order valence-electron chi connectivity index (χ3n) is 5.00. The molecule has 0 heterocycles. The van der Waals surface area contributed by atoms with Crippen molar-refractivity contribution in [3.05, 3.63) is 65.3 Å². The highest BCUT2D eigenvalue weighted by Gasteiger charge is 2.41. The van der Waals surface area contributed by atoms with Gasteiger partial charge in [0.25, 0.3) is 0 Å². The Morgan fingerprint density at radius 1 is 1.11 bits per heavy atom. The largest absolute Gasteiger partial charge is 0.478 e. The maximum Gasteiger partial charge on any atom is 0.332 e. The van der Waals surface area contributed by atoms with E-state index < -0.39 is 26.6 Å². The van der Waals surface area contributed by atoms with E-state index in [1.54, 1.807) is 12.2 Å². The maximum absolute atomic E-state index is 12.7. The fourth-order valence-electron chi connectivity index (χ4n) is 3.43. The van der Waals surface area contributed by atoms with Gasteiger partial charge in [0.05, 0.1) is 0 Å². The Kier molecular flexibility index (Phi) is 5.06. The number of aliphatic carboxylic acids is 1. The van der Waals surface area contributed by atoms with Crippen molar-refractivity contribution in [1.82, 2.24) is 5.32 Å². The van der Waals surface area contributed by atoms with E-state index in [4.69, 9.17) is 0 Å². The molecule has 0 aromatic heterocycles. The summed E-state index contributed by atoms with van der Waals surface area (Å²) < 4.78 is 25.0. The molecule has 1 amide bonds. The molecule has 1 aromatic rings. The summed E-state index contributed by atoms with van der Waals surface area (Å²) in [5.41, 5.74) is 2.05. The first-order valence-electron chi connectivity index (χ1n) is 8.66. The molecule has 0 aliphatic heterocycles. The Morgan fingerprint density at radius 2 is 1.78 bits per heavy atom. The Balaban J connectivity index is 1.90. The molecule has 0 spiro atoms. The van der Waals surface area contributed by atoms with Gasteiger partial charge < -0.3 is 10.4 Å². The van der Waals surface area contributed by atoms with E-state index in [1.807, 2.05) is 30.3 Å². The predicted molar refractivity (Wildman–Crippen MR) is 102 cm³/mol. The summed E-state index contributed by atoms with van der Waals surface area (Å²) in [4.78, 5) is 22.4. The highest BCUT2D eigenvalue weighted by Crippen LogP contribution is 2.32. The fraction of sp³-hybridized carbons (Fsp3) is 0.300. The average Bonchev–Trinajstić information content (AvgIpc) is 3.12. The Bertz CT molecular complexity index is 973. The van der Waals surface area contributed by atoms with E-state index in [1.165, 1.54) is 6.08 Å². The molecular weight excluding hydrogens is 366 g/mol. The molecule has 27 heavy (non-hydrogen) atoms. The highest BCUT2D eigenvalue weighted by molar-refractivity contribution is 7.92. The molecule has 3 rings (SSSR count). The summed E-state index contributed by atoms with van der Waals surface area (Å²) >= 11 is 0. The minimum absolute atomic E-state index is 0.0662. The molecule has 0 bridgehead atoms. The Morgan fingerprint density at radius 3 is 2.33 bits per heavy atom. The van der Waals surface area contributed by atoms with Crippen molar-refractivity contribution in [1.29, 1.82) is 0 Å². The minimum Gasteiger partial charge on any atom is -0.478 e. The second-order valence-electron chi connectivity index (χ2n) is 6.79. The van der Waals surface area contributed by atoms with Gasteiger partial charge in [-0.1, -0.05) is 42.5 Å². The van der Waals surface area contributed by atoms with Crippen molar-refractivity contribution < 1.29 is 23.1 Å². The lowest BCUT2D eigenvalue weighted by molar-refractivity contribution is -0.133. The van der Waals surface area contributed by atoms with E-state index in [2.05, 4.69) is 5.32 Å². The number of benzene rings is 1. The van der Waals surface area contributed by atoms with Crippen molar-refractivity contribution in [2.75, 3.05) is 6.26 Å². The molecule has 1 unspecified atom stereocenters. The summed E-state index contributed by atoms with van der Waals surface area (Å²) in [6.45, 7) is 0. The molecule has 0 radical (unpaired) electrons. The monoisotopic (exact) mass is 387 g/mol. The minimum atomic E-state index is -3.69. The quantitative estimate of drug-likeness (QED) is 0.808. The normalized spacial score (nSPS) is 22.5. The summed E-state index contributed by atoms with van der Waals surface area (Å²) in [6.07, 6.45) is 7.32. The van der Waals surface area contributed by atoms with Gasteiger partial charge in [-0.25, -0.2) is 13.2 Å². The van der Waals surface area contributed by atoms with E-state index in [-0.39, 0.29) is 17.6 Å². The van der Waals surface area contributed by atoms with Crippen LogP contribution in [0, 0.1) is 0 Å². The lowest BCUT2D eigenvalue weighted by atomic mass is 9.96. The number of hydrogen-bond donors (Lipinski definition) is 2. The van der Waals surface area contributed by atoms with Gasteiger partial charge in [0.1, 0.15) is 0 Å². The van der Waals surface area contributed by atoms with Crippen LogP contribution < -0.4 is 5.32 Å². The highest BCUT2D eigenvalue weighted by atomic mass is 32.2. The molecule has 142 valence electrons. The molecule has 2 aliphatic carbocycles. The standard InChI is InChI=1S/C20H21NO5S/c1-27(25,26)20(21-18(22)16-8-5-9-17(16)19(23)24)12-10-15(11-13-20)14-6-3-2-4-7-14/h2-4,6-7,10-12H,5,8-9,13H2,1H3,(H,21,22)(H,23,24). The Hall–Kier alpha value is -2.67. The second kappa shape index (κ2) is 7.15. The number of amides is 1. The molecule has 6 nitrogen and oxygen atoms in total. The molecule has 0 fully saturated rings. The summed E-state index contributed by atoms with van der Waals surface area (Å²) in [5.74, 6) is -1.76. The number of nitrogens with one attached hydrogen (secondary N) is 1. The van der Waals surface area contributed by atoms with Gasteiger partial charge in [0.2, 0.25) is 5.91 Å². The van der Waals surface area contributed by atoms with Gasteiger partial charge in [0.15, 0.2) is 14.7 Å². The number of sulfone groups is 1. The zero-order valence-corrected chi connectivity index (χ0v) is 15.8. The van der Waals surface area contributed by atoms with Gasteiger partial charge in [0, 0.05) is 23.8 Å². The van der Waals surface area contributed by atoms with Gasteiger partial charge in [-0.3, -0.25) is 4.79 Å². The molecule has 2 N–H and O–H groups in total. The third-order valence-corrected chi connectivity index (χ3v) is 6.73. The van der Waals surface area contributed by atoms with Crippen LogP contribution in [-0.4, -0.2) is 36.5 Å². The van der Waals surface area contributed by atoms with Crippen LogP contribution in [0.25, 0.3) is 5.57 Å². The average molecular weight is 387 g/mol. The van der Waals surface area contributed by atoms with E-state index in [0.29, 0.717) is 19.3 Å². The number of carboxylic acids is 1. The lowest BCUT2D eigenvalue weighted by Gasteiger charge is -2.32. The SMILES string of the molecule is CS(=O)(=O)C1(NC(=O)C2=C(C(=O)O)CCC2)C=CC(c2ccccc2)=CC1. The van der Waals surface area contributed by atoms with Crippen molar-refractivity contribution in [2.24, 2.45) is 0 Å². The van der Waals surface area contributed by atoms with Gasteiger partial charge in [-0.15, -0.1) is 0 Å². The third kappa shape index (κ3) is 3.73. The van der Waals surface area contributed by atoms with Crippen LogP contribution >= 0.6 is 0 Å². The second-order valence-corrected chi connectivity index (χ2v) is 9.07. The molecule has 7 heteroatoms. The number of rotatable bonds is 5. The first-order chi connectivity index (χ1) is 12.7. The zero-order valence-electron chi connectivity index (χ0n) is 14.9. The van der Waals surface area contributed by atoms with Crippen molar-refractivity contribution in [2.45, 2.75) is 30.6 Å². The van der Waals surface area contributed by atoms with Crippen LogP contribution in [0.1, 0.15) is 31.2 Å². The van der Waals surface area contributed by atoms with Crippen molar-refractivity contribution in [3.8, 4) is 0 Å². The van der Waals surface area contributed by atoms with Gasteiger partial charge in [-0.2, -0.15) is 0 Å². The maximum atomic E-state index is 12.7. The topological polar surface area (TPSA) is 101 Å². The molecule has 2 aliphatic rings. The van der Waals surface area contributed by atoms with Crippen molar-refractivity contribution in [3.63, 3.8) is 0 Å². The van der Waals surface area contributed by atoms with Crippen LogP contribution in [0.4, 0.5) is 0 Å². The summed E-state index contributed by atoms with van der Waals surface area (Å²) in [7, 11) is -3.69. The van der Waals surface area contributed by atoms with E-state index in [0.717, 1.165) is 17.4 Å². The van der Waals surface area contributed by atoms with Crippen LogP contribution in [0.3, 0.4) is 0 Å². The fourth-order valence-corrected chi connectivity index (χ4v) is 4.40. The molecule has 0 saturated heterocycles. The number of allylic oxidation sites excluding steroid dienone is 2. The van der Waals surface area contributed by atoms with Crippen LogP contribution in [0.5, 0.6) is 0 Å². The number of carbonyl (C=O) groups is 2. The molecule has 1 aromatic carbocycles. The first kappa shape index (κ1) is 19.1. The summed E-state index contributed by atoms with van der Waals surface area (Å²) in [5, 5.41) is 11.8. The van der Waals surface area contributed by atoms with E-state index >= 15 is 0 Å². The van der Waals surface area contributed by atoms with Crippen LogP contribution in [0.2, 0.25) is 0 Å². The zero-order chi connectivity index (χ0) is 19.7. The van der Waals surface area contributed by atoms with Gasteiger partial charge >= 0.3 is 5.97 Å². The number of hydrogen-bond acceptors (Lipinski definition) is 4.